The molecule has 0 N–H and O–H groups in total. The number of nitrogens with zero attached hydrogens (tertiary/aromatic N) is 2. The minimum atomic E-state index is 0.700. The van der Waals surface area contributed by atoms with Gasteiger partial charge in [-0.1, -0.05) is 17.6 Å². The van der Waals surface area contributed by atoms with Crippen molar-refractivity contribution in [2.75, 3.05) is 0 Å². The summed E-state index contributed by atoms with van der Waals surface area (Å²) in [6.45, 7) is 0. The first-order valence-corrected chi connectivity index (χ1v) is 3.58. The molecule has 0 aliphatic carbocycles. The van der Waals surface area contributed by atoms with Gasteiger partial charge in [-0.3, -0.25) is 0 Å². The van der Waals surface area contributed by atoms with Crippen molar-refractivity contribution in [2.24, 2.45) is 0 Å². The van der Waals surface area contributed by atoms with Crippen molar-refractivity contribution in [3.8, 4) is 0 Å². The highest BCUT2D eigenvalue weighted by molar-refractivity contribution is 7.00. The van der Waals surface area contributed by atoms with Crippen molar-refractivity contribution in [1.82, 2.24) is 8.75 Å². The van der Waals surface area contributed by atoms with Crippen molar-refractivity contribution in [3.05, 3.63) is 18.2 Å². The molecule has 1 aromatic heterocycles. The summed E-state index contributed by atoms with van der Waals surface area (Å²) >= 11 is 1.19. The molecule has 10 heavy (non-hydrogen) atoms. The normalized spacial score (nSPS) is 10.4. The van der Waals surface area contributed by atoms with Crippen molar-refractivity contribution in [1.29, 1.82) is 0 Å². The Morgan fingerprint density at radius 1 is 1.30 bits per heavy atom. The quantitative estimate of drug-likeness (QED) is 0.505. The zero-order valence-corrected chi connectivity index (χ0v) is 5.93. The van der Waals surface area contributed by atoms with E-state index in [4.69, 9.17) is 7.85 Å². The smallest absolute Gasteiger partial charge is 0.116 e. The third-order valence-corrected chi connectivity index (χ3v) is 1.86. The Hall–Kier alpha value is -0.895. The lowest BCUT2D eigenvalue weighted by molar-refractivity contribution is 1.67. The lowest BCUT2D eigenvalue weighted by Crippen LogP contribution is -2.01. The van der Waals surface area contributed by atoms with E-state index in [1.807, 2.05) is 18.2 Å². The van der Waals surface area contributed by atoms with Crippen LogP contribution in [0.15, 0.2) is 18.2 Å². The zero-order chi connectivity index (χ0) is 6.97. The van der Waals surface area contributed by atoms with E-state index in [0.717, 1.165) is 11.0 Å². The molecule has 2 rings (SSSR count). The lowest BCUT2D eigenvalue weighted by Gasteiger charge is -1.89. The van der Waals surface area contributed by atoms with Gasteiger partial charge in [-0.05, 0) is 6.07 Å². The van der Waals surface area contributed by atoms with E-state index in [-0.39, 0.29) is 0 Å². The Bertz CT molecular complexity index is 357. The van der Waals surface area contributed by atoms with Crippen LogP contribution in [0, 0.1) is 0 Å². The highest BCUT2D eigenvalue weighted by atomic mass is 32.1. The number of rotatable bonds is 0. The maximum absolute atomic E-state index is 5.60. The first kappa shape index (κ1) is 5.86. The molecule has 2 aromatic rings. The van der Waals surface area contributed by atoms with E-state index in [1.165, 1.54) is 11.7 Å². The minimum absolute atomic E-state index is 0.700. The minimum Gasteiger partial charge on any atom is -0.174 e. The predicted octanol–water partition coefficient (Wildman–Crippen LogP) is 0.485. The molecule has 0 saturated heterocycles. The van der Waals surface area contributed by atoms with Crippen LogP contribution in [-0.4, -0.2) is 16.6 Å². The molecule has 46 valence electrons. The average Bonchev–Trinajstić information content (AvgIpc) is 2.36. The van der Waals surface area contributed by atoms with Crippen LogP contribution in [0.3, 0.4) is 0 Å². The first-order valence-electron chi connectivity index (χ1n) is 2.85. The van der Waals surface area contributed by atoms with Gasteiger partial charge in [0.05, 0.1) is 17.2 Å². The molecule has 2 radical (unpaired) electrons. The van der Waals surface area contributed by atoms with Crippen molar-refractivity contribution in [2.45, 2.75) is 0 Å². The molecule has 0 fully saturated rings. The van der Waals surface area contributed by atoms with Crippen LogP contribution in [0.1, 0.15) is 0 Å². The van der Waals surface area contributed by atoms with Gasteiger partial charge in [0.1, 0.15) is 13.4 Å². The number of aromatic nitrogens is 2. The monoisotopic (exact) mass is 146 g/mol. The summed E-state index contributed by atoms with van der Waals surface area (Å²) in [5.41, 5.74) is 2.39. The molecule has 1 aromatic carbocycles. The third-order valence-electron chi connectivity index (χ3n) is 1.32. The molecule has 0 amide bonds. The van der Waals surface area contributed by atoms with E-state index >= 15 is 0 Å². The fourth-order valence-electron chi connectivity index (χ4n) is 0.827. The van der Waals surface area contributed by atoms with Gasteiger partial charge < -0.3 is 0 Å². The van der Waals surface area contributed by atoms with Gasteiger partial charge in [0.25, 0.3) is 0 Å². The number of fused-ring (bicyclic) bond motifs is 1. The average molecular weight is 146 g/mol. The van der Waals surface area contributed by atoms with Gasteiger partial charge in [-0.25, -0.2) is 0 Å². The second-order valence-corrected chi connectivity index (χ2v) is 2.51. The van der Waals surface area contributed by atoms with Crippen LogP contribution >= 0.6 is 11.7 Å². The van der Waals surface area contributed by atoms with E-state index in [0.29, 0.717) is 5.46 Å². The molecule has 0 aliphatic heterocycles. The summed E-state index contributed by atoms with van der Waals surface area (Å²) in [5.74, 6) is 0. The maximum Gasteiger partial charge on any atom is 0.116 e. The summed E-state index contributed by atoms with van der Waals surface area (Å²) in [7, 11) is 5.60. The molecule has 1 heterocycles. The topological polar surface area (TPSA) is 25.8 Å². The summed E-state index contributed by atoms with van der Waals surface area (Å²) in [6, 6.07) is 5.60. The molecule has 0 atom stereocenters. The highest BCUT2D eigenvalue weighted by Gasteiger charge is 1.97. The molecule has 0 aliphatic rings. The molecule has 0 saturated carbocycles. The van der Waals surface area contributed by atoms with Gasteiger partial charge in [-0.2, -0.15) is 8.75 Å². The number of benzene rings is 1. The summed E-state index contributed by atoms with van der Waals surface area (Å²) < 4.78 is 8.05. The first-order chi connectivity index (χ1) is 4.88. The van der Waals surface area contributed by atoms with Crippen LogP contribution < -0.4 is 5.46 Å². The Morgan fingerprint density at radius 2 is 2.20 bits per heavy atom. The summed E-state index contributed by atoms with van der Waals surface area (Å²) in [5, 5.41) is 0. The molecule has 0 bridgehead atoms. The Morgan fingerprint density at radius 3 is 3.00 bits per heavy atom. The van der Waals surface area contributed by atoms with Crippen molar-refractivity contribution >= 4 is 36.1 Å². The van der Waals surface area contributed by atoms with Crippen LogP contribution in [0.4, 0.5) is 0 Å². The largest absolute Gasteiger partial charge is 0.174 e. The fourth-order valence-corrected chi connectivity index (χ4v) is 1.38. The maximum atomic E-state index is 5.60. The van der Waals surface area contributed by atoms with Gasteiger partial charge in [-0.15, -0.1) is 0 Å². The van der Waals surface area contributed by atoms with Crippen LogP contribution in [0.2, 0.25) is 0 Å². The van der Waals surface area contributed by atoms with Gasteiger partial charge >= 0.3 is 0 Å². The van der Waals surface area contributed by atoms with E-state index < -0.39 is 0 Å². The molecule has 0 spiro atoms. The van der Waals surface area contributed by atoms with Crippen molar-refractivity contribution < 1.29 is 0 Å². The van der Waals surface area contributed by atoms with E-state index in [1.54, 1.807) is 0 Å². The van der Waals surface area contributed by atoms with E-state index in [9.17, 15) is 0 Å². The molecule has 0 unspecified atom stereocenters. The Labute approximate surface area is 63.6 Å². The van der Waals surface area contributed by atoms with E-state index in [2.05, 4.69) is 8.75 Å². The second-order valence-electron chi connectivity index (χ2n) is 1.98. The molecular formula is C6H3BN2S. The van der Waals surface area contributed by atoms with Crippen LogP contribution in [0.25, 0.3) is 11.0 Å². The van der Waals surface area contributed by atoms with Crippen molar-refractivity contribution in [3.63, 3.8) is 0 Å². The fraction of sp³-hybridized carbons (Fsp3) is 0. The summed E-state index contributed by atoms with van der Waals surface area (Å²) in [6.07, 6.45) is 0. The van der Waals surface area contributed by atoms with Crippen LogP contribution in [-0.2, 0) is 0 Å². The summed E-state index contributed by atoms with van der Waals surface area (Å²) in [4.78, 5) is 0. The zero-order valence-electron chi connectivity index (χ0n) is 5.11. The second kappa shape index (κ2) is 2.06. The number of hydrogen-bond acceptors (Lipinski definition) is 3. The van der Waals surface area contributed by atoms with Crippen LogP contribution in [0.5, 0.6) is 0 Å². The SMILES string of the molecule is [B]c1cccc2nsnc12. The Balaban J connectivity index is 2.95. The molecular weight excluding hydrogens is 143 g/mol. The van der Waals surface area contributed by atoms with Gasteiger partial charge in [0.2, 0.25) is 0 Å². The van der Waals surface area contributed by atoms with Gasteiger partial charge in [0, 0.05) is 0 Å². The standard InChI is InChI=1S/C6H3BN2S/c7-4-2-1-3-5-6(4)9-10-8-5/h1-3H. The molecule has 2 nitrogen and oxygen atoms in total. The highest BCUT2D eigenvalue weighted by Crippen LogP contribution is 2.06. The predicted molar refractivity (Wildman–Crippen MR) is 42.8 cm³/mol. The Kier molecular flexibility index (Phi) is 1.20. The molecule has 4 heteroatoms. The lowest BCUT2D eigenvalue weighted by atomic mass is 9.95. The third kappa shape index (κ3) is 0.725. The number of hydrogen-bond donors (Lipinski definition) is 0. The van der Waals surface area contributed by atoms with Gasteiger partial charge in [0.15, 0.2) is 0 Å².